The maximum Gasteiger partial charge on any atom is 0.257 e. The van der Waals surface area contributed by atoms with Gasteiger partial charge >= 0.3 is 0 Å². The third-order valence-corrected chi connectivity index (χ3v) is 5.13. The second-order valence-corrected chi connectivity index (χ2v) is 7.61. The number of rotatable bonds is 7. The minimum absolute atomic E-state index is 0. The van der Waals surface area contributed by atoms with Crippen LogP contribution in [0.2, 0.25) is 0 Å². The van der Waals surface area contributed by atoms with Gasteiger partial charge in [0.05, 0.1) is 17.2 Å². The molecular weight excluding hydrogens is 434 g/mol. The van der Waals surface area contributed by atoms with Gasteiger partial charge in [-0.15, -0.1) is 12.4 Å². The van der Waals surface area contributed by atoms with Gasteiger partial charge in [0.25, 0.3) is 5.91 Å². The van der Waals surface area contributed by atoms with Gasteiger partial charge < -0.3 is 5.32 Å². The summed E-state index contributed by atoms with van der Waals surface area (Å²) in [5.41, 5.74) is 2.95. The molecule has 1 amide bonds. The summed E-state index contributed by atoms with van der Waals surface area (Å²) in [6.07, 6.45) is 5.29. The number of nitriles is 1. The second-order valence-electron chi connectivity index (χ2n) is 7.61. The van der Waals surface area contributed by atoms with E-state index in [0.717, 1.165) is 24.5 Å². The number of amides is 1. The molecule has 8 heteroatoms. The Labute approximate surface area is 191 Å². The smallest absolute Gasteiger partial charge is 0.257 e. The van der Waals surface area contributed by atoms with Crippen LogP contribution in [0.25, 0.3) is 0 Å². The first-order valence-electron chi connectivity index (χ1n) is 9.95. The van der Waals surface area contributed by atoms with Gasteiger partial charge in [0.15, 0.2) is 11.6 Å². The molecule has 5 nitrogen and oxygen atoms in total. The zero-order valence-electron chi connectivity index (χ0n) is 17.1. The number of aromatic nitrogens is 1. The highest BCUT2D eigenvalue weighted by molar-refractivity contribution is 6.04. The van der Waals surface area contributed by atoms with Crippen molar-refractivity contribution in [3.8, 4) is 6.07 Å². The predicted molar refractivity (Wildman–Crippen MR) is 119 cm³/mol. The lowest BCUT2D eigenvalue weighted by molar-refractivity contribution is 0.102. The molecule has 0 spiro atoms. The van der Waals surface area contributed by atoms with E-state index in [1.165, 1.54) is 12.3 Å². The molecule has 0 radical (unpaired) electrons. The Morgan fingerprint density at radius 3 is 2.56 bits per heavy atom. The number of halogens is 3. The Bertz CT molecular complexity index is 1160. The minimum atomic E-state index is -0.857. The number of nitrogens with one attached hydrogen (secondary N) is 1. The van der Waals surface area contributed by atoms with Gasteiger partial charge in [-0.1, -0.05) is 12.1 Å². The summed E-state index contributed by atoms with van der Waals surface area (Å²) in [7, 11) is 0. The van der Waals surface area contributed by atoms with Crippen LogP contribution in [0.3, 0.4) is 0 Å². The van der Waals surface area contributed by atoms with E-state index < -0.39 is 11.6 Å². The van der Waals surface area contributed by atoms with Gasteiger partial charge in [0.1, 0.15) is 0 Å². The Morgan fingerprint density at radius 1 is 1.06 bits per heavy atom. The van der Waals surface area contributed by atoms with Gasteiger partial charge in [-0.25, -0.2) is 8.78 Å². The van der Waals surface area contributed by atoms with Crippen molar-refractivity contribution < 1.29 is 13.6 Å². The molecule has 1 heterocycles. The van der Waals surface area contributed by atoms with Gasteiger partial charge in [0, 0.05) is 37.2 Å². The van der Waals surface area contributed by atoms with Crippen molar-refractivity contribution in [3.05, 3.63) is 94.8 Å². The van der Waals surface area contributed by atoms with Crippen LogP contribution in [-0.2, 0) is 13.1 Å². The first-order valence-corrected chi connectivity index (χ1v) is 9.95. The fraction of sp³-hybridized carbons (Fsp3) is 0.208. The highest BCUT2D eigenvalue weighted by Gasteiger charge is 2.29. The summed E-state index contributed by atoms with van der Waals surface area (Å²) < 4.78 is 26.8. The summed E-state index contributed by atoms with van der Waals surface area (Å²) in [5.74, 6) is -2.03. The lowest BCUT2D eigenvalue weighted by atomic mass is 10.1. The predicted octanol–water partition coefficient (Wildman–Crippen LogP) is 5.07. The van der Waals surface area contributed by atoms with Crippen molar-refractivity contribution >= 4 is 24.0 Å². The average Bonchev–Trinajstić information content (AvgIpc) is 3.62. The normalized spacial score (nSPS) is 12.7. The third-order valence-electron chi connectivity index (χ3n) is 5.13. The molecule has 0 aliphatic heterocycles. The summed E-state index contributed by atoms with van der Waals surface area (Å²) in [4.78, 5) is 19.0. The van der Waals surface area contributed by atoms with E-state index in [2.05, 4.69) is 15.2 Å². The molecule has 1 N–H and O–H groups in total. The summed E-state index contributed by atoms with van der Waals surface area (Å²) in [6, 6.07) is 14.8. The number of anilines is 1. The molecule has 4 rings (SSSR count). The fourth-order valence-corrected chi connectivity index (χ4v) is 3.43. The largest absolute Gasteiger partial charge is 0.322 e. The molecule has 0 bridgehead atoms. The van der Waals surface area contributed by atoms with E-state index in [-0.39, 0.29) is 18.3 Å². The van der Waals surface area contributed by atoms with Crippen molar-refractivity contribution in [1.82, 2.24) is 9.88 Å². The molecule has 1 aliphatic carbocycles. The van der Waals surface area contributed by atoms with Crippen LogP contribution in [0.15, 0.2) is 60.9 Å². The van der Waals surface area contributed by atoms with E-state index >= 15 is 0 Å². The Kier molecular flexibility index (Phi) is 7.52. The van der Waals surface area contributed by atoms with E-state index in [1.54, 1.807) is 42.6 Å². The summed E-state index contributed by atoms with van der Waals surface area (Å²) in [5, 5.41) is 11.8. The van der Waals surface area contributed by atoms with Gasteiger partial charge in [-0.2, -0.15) is 5.26 Å². The fourth-order valence-electron chi connectivity index (χ4n) is 3.43. The van der Waals surface area contributed by atoms with Crippen molar-refractivity contribution in [2.75, 3.05) is 5.32 Å². The topological polar surface area (TPSA) is 69.0 Å². The van der Waals surface area contributed by atoms with Crippen LogP contribution in [0.5, 0.6) is 0 Å². The second kappa shape index (κ2) is 10.3. The van der Waals surface area contributed by atoms with E-state index in [1.807, 2.05) is 6.07 Å². The number of pyridine rings is 1. The number of hydrogen-bond acceptors (Lipinski definition) is 4. The summed E-state index contributed by atoms with van der Waals surface area (Å²) in [6.45, 7) is 1.03. The molecule has 1 fully saturated rings. The van der Waals surface area contributed by atoms with Crippen molar-refractivity contribution in [2.24, 2.45) is 0 Å². The number of carbonyl (C=O) groups excluding carboxylic acids is 1. The van der Waals surface area contributed by atoms with Crippen molar-refractivity contribution in [1.29, 1.82) is 5.26 Å². The molecule has 1 saturated carbocycles. The molecular formula is C24H21ClF2N4O. The van der Waals surface area contributed by atoms with Crippen LogP contribution in [0, 0.1) is 23.0 Å². The number of carbonyl (C=O) groups is 1. The SMILES string of the molecule is Cl.N#Cc1cccc(NC(=O)c2cncc(CN(Cc3ccc(F)c(F)c3)C3CC3)c2)c1. The van der Waals surface area contributed by atoms with Gasteiger partial charge in [0.2, 0.25) is 0 Å². The zero-order chi connectivity index (χ0) is 21.8. The van der Waals surface area contributed by atoms with Crippen LogP contribution in [0.1, 0.15) is 39.9 Å². The molecule has 1 aliphatic rings. The molecule has 32 heavy (non-hydrogen) atoms. The quantitative estimate of drug-likeness (QED) is 0.541. The Hall–Kier alpha value is -3.34. The third kappa shape index (κ3) is 5.88. The van der Waals surface area contributed by atoms with E-state index in [4.69, 9.17) is 5.26 Å². The van der Waals surface area contributed by atoms with Gasteiger partial charge in [-0.3, -0.25) is 14.7 Å². The highest BCUT2D eigenvalue weighted by Crippen LogP contribution is 2.30. The van der Waals surface area contributed by atoms with Gasteiger partial charge in [-0.05, 0) is 60.4 Å². The molecule has 0 saturated heterocycles. The minimum Gasteiger partial charge on any atom is -0.322 e. The molecule has 2 aromatic carbocycles. The van der Waals surface area contributed by atoms with Crippen LogP contribution in [-0.4, -0.2) is 21.8 Å². The van der Waals surface area contributed by atoms with Crippen LogP contribution >= 0.6 is 12.4 Å². The first-order chi connectivity index (χ1) is 15.0. The highest BCUT2D eigenvalue weighted by atomic mass is 35.5. The Balaban J connectivity index is 0.00000289. The molecule has 164 valence electrons. The maximum absolute atomic E-state index is 13.6. The lowest BCUT2D eigenvalue weighted by Gasteiger charge is -2.22. The van der Waals surface area contributed by atoms with Crippen LogP contribution in [0.4, 0.5) is 14.5 Å². The standard InChI is InChI=1S/C24H20F2N4O.ClH/c25-22-7-4-17(10-23(22)26)14-30(21-5-6-21)15-18-8-19(13-28-12-18)24(31)29-20-3-1-2-16(9-20)11-27;/h1-4,7-10,12-13,21H,5-6,14-15H2,(H,29,31);1H. The molecule has 0 unspecified atom stereocenters. The first kappa shape index (κ1) is 23.3. The number of benzene rings is 2. The Morgan fingerprint density at radius 2 is 1.84 bits per heavy atom. The number of nitrogens with zero attached hydrogens (tertiary/aromatic N) is 3. The molecule has 3 aromatic rings. The monoisotopic (exact) mass is 454 g/mol. The van der Waals surface area contributed by atoms with E-state index in [0.29, 0.717) is 41.5 Å². The van der Waals surface area contributed by atoms with Crippen molar-refractivity contribution in [2.45, 2.75) is 32.0 Å². The maximum atomic E-state index is 13.6. The molecule has 1 aromatic heterocycles. The van der Waals surface area contributed by atoms with Crippen LogP contribution < -0.4 is 5.32 Å². The molecule has 0 atom stereocenters. The summed E-state index contributed by atoms with van der Waals surface area (Å²) >= 11 is 0. The zero-order valence-corrected chi connectivity index (χ0v) is 17.9. The van der Waals surface area contributed by atoms with E-state index in [9.17, 15) is 13.6 Å². The number of hydrogen-bond donors (Lipinski definition) is 1. The lowest BCUT2D eigenvalue weighted by Crippen LogP contribution is -2.25. The average molecular weight is 455 g/mol. The van der Waals surface area contributed by atoms with Crippen molar-refractivity contribution in [3.63, 3.8) is 0 Å².